The van der Waals surface area contributed by atoms with E-state index in [0.29, 0.717) is 12.6 Å². The van der Waals surface area contributed by atoms with Gasteiger partial charge in [-0.3, -0.25) is 0 Å². The Hall–Kier alpha value is -1.39. The number of nitrogens with zero attached hydrogens (tertiary/aromatic N) is 1. The summed E-state index contributed by atoms with van der Waals surface area (Å²) in [6.45, 7) is 10.1. The van der Waals surface area contributed by atoms with Crippen LogP contribution in [0.5, 0.6) is 5.75 Å². The highest BCUT2D eigenvalue weighted by Crippen LogP contribution is 2.23. The Morgan fingerprint density at radius 2 is 2.14 bits per heavy atom. The van der Waals surface area contributed by atoms with Gasteiger partial charge in [-0.05, 0) is 44.5 Å². The van der Waals surface area contributed by atoms with E-state index in [2.05, 4.69) is 49.3 Å². The molecule has 2 rings (SSSR count). The summed E-state index contributed by atoms with van der Waals surface area (Å²) in [5, 5.41) is 3.43. The molecule has 0 saturated heterocycles. The third-order valence-corrected chi connectivity index (χ3v) is 4.64. The van der Waals surface area contributed by atoms with Crippen molar-refractivity contribution in [3.05, 3.63) is 45.4 Å². The van der Waals surface area contributed by atoms with Gasteiger partial charge in [0, 0.05) is 17.3 Å². The van der Waals surface area contributed by atoms with E-state index in [0.717, 1.165) is 24.4 Å². The van der Waals surface area contributed by atoms with E-state index < -0.39 is 0 Å². The maximum Gasteiger partial charge on any atom is 0.122 e. The first-order chi connectivity index (χ1) is 10.1. The Kier molecular flexibility index (Phi) is 5.76. The van der Waals surface area contributed by atoms with Gasteiger partial charge in [0.1, 0.15) is 5.75 Å². The standard InChI is InChI=1S/C17H24N2OS/c1-5-18-13(3)15-6-7-16(12(2)10-15)20-9-8-17-14(4)19-11-21-17/h6-7,10-11,13,18H,5,8-9H2,1-4H3. The minimum atomic E-state index is 0.377. The molecule has 1 aromatic heterocycles. The van der Waals surface area contributed by atoms with Crippen LogP contribution in [0.3, 0.4) is 0 Å². The lowest BCUT2D eigenvalue weighted by molar-refractivity contribution is 0.320. The molecule has 0 spiro atoms. The van der Waals surface area contributed by atoms with Crippen LogP contribution in [0, 0.1) is 13.8 Å². The average Bonchev–Trinajstić information content (AvgIpc) is 2.86. The van der Waals surface area contributed by atoms with E-state index >= 15 is 0 Å². The Balaban J connectivity index is 1.93. The predicted molar refractivity (Wildman–Crippen MR) is 89.3 cm³/mol. The van der Waals surface area contributed by atoms with Crippen molar-refractivity contribution in [2.24, 2.45) is 0 Å². The topological polar surface area (TPSA) is 34.1 Å². The molecule has 0 amide bonds. The largest absolute Gasteiger partial charge is 0.493 e. The SMILES string of the molecule is CCNC(C)c1ccc(OCCc2scnc2C)c(C)c1. The average molecular weight is 304 g/mol. The van der Waals surface area contributed by atoms with E-state index in [9.17, 15) is 0 Å². The summed E-state index contributed by atoms with van der Waals surface area (Å²) >= 11 is 1.70. The molecule has 0 aliphatic heterocycles. The van der Waals surface area contributed by atoms with Gasteiger partial charge in [-0.15, -0.1) is 11.3 Å². The Labute approximate surface area is 131 Å². The summed E-state index contributed by atoms with van der Waals surface area (Å²) in [7, 11) is 0. The Morgan fingerprint density at radius 1 is 1.33 bits per heavy atom. The van der Waals surface area contributed by atoms with Crippen molar-refractivity contribution in [3.63, 3.8) is 0 Å². The number of ether oxygens (including phenoxy) is 1. The first-order valence-electron chi connectivity index (χ1n) is 7.47. The third kappa shape index (κ3) is 4.29. The molecule has 2 aromatic rings. The zero-order chi connectivity index (χ0) is 15.2. The minimum absolute atomic E-state index is 0.377. The zero-order valence-corrected chi connectivity index (χ0v) is 14.1. The van der Waals surface area contributed by atoms with Crippen molar-refractivity contribution in [1.29, 1.82) is 0 Å². The normalized spacial score (nSPS) is 12.4. The van der Waals surface area contributed by atoms with E-state index in [1.807, 2.05) is 12.4 Å². The summed E-state index contributed by atoms with van der Waals surface area (Å²) in [4.78, 5) is 5.57. The van der Waals surface area contributed by atoms with Gasteiger partial charge in [0.15, 0.2) is 0 Å². The van der Waals surface area contributed by atoms with E-state index in [4.69, 9.17) is 4.74 Å². The van der Waals surface area contributed by atoms with Gasteiger partial charge in [-0.25, -0.2) is 4.98 Å². The number of hydrogen-bond donors (Lipinski definition) is 1. The molecular weight excluding hydrogens is 280 g/mol. The van der Waals surface area contributed by atoms with Gasteiger partial charge >= 0.3 is 0 Å². The van der Waals surface area contributed by atoms with E-state index in [1.54, 1.807) is 11.3 Å². The molecular formula is C17H24N2OS. The molecule has 114 valence electrons. The fourth-order valence-corrected chi connectivity index (χ4v) is 3.11. The second-order valence-corrected chi connectivity index (χ2v) is 6.20. The van der Waals surface area contributed by atoms with E-state index in [1.165, 1.54) is 16.0 Å². The fraction of sp³-hybridized carbons (Fsp3) is 0.471. The molecule has 0 bridgehead atoms. The molecule has 1 unspecified atom stereocenters. The molecule has 1 heterocycles. The Morgan fingerprint density at radius 3 is 2.76 bits per heavy atom. The Bertz CT molecular complexity index is 580. The van der Waals surface area contributed by atoms with Crippen LogP contribution in [0.1, 0.15) is 41.6 Å². The highest BCUT2D eigenvalue weighted by molar-refractivity contribution is 7.09. The summed E-state index contributed by atoms with van der Waals surface area (Å²) < 4.78 is 5.92. The van der Waals surface area contributed by atoms with Crippen molar-refractivity contribution in [3.8, 4) is 5.75 Å². The van der Waals surface area contributed by atoms with Crippen molar-refractivity contribution in [1.82, 2.24) is 10.3 Å². The second kappa shape index (κ2) is 7.57. The molecule has 0 radical (unpaired) electrons. The maximum atomic E-state index is 5.92. The van der Waals surface area contributed by atoms with Crippen molar-refractivity contribution in [2.75, 3.05) is 13.2 Å². The van der Waals surface area contributed by atoms with Crippen molar-refractivity contribution < 1.29 is 4.74 Å². The molecule has 0 fully saturated rings. The lowest BCUT2D eigenvalue weighted by atomic mass is 10.1. The summed E-state index contributed by atoms with van der Waals surface area (Å²) in [5.41, 5.74) is 5.51. The lowest BCUT2D eigenvalue weighted by Crippen LogP contribution is -2.17. The molecule has 21 heavy (non-hydrogen) atoms. The number of hydrogen-bond acceptors (Lipinski definition) is 4. The van der Waals surface area contributed by atoms with Crippen LogP contribution in [-0.2, 0) is 6.42 Å². The van der Waals surface area contributed by atoms with Crippen LogP contribution in [0.15, 0.2) is 23.7 Å². The zero-order valence-electron chi connectivity index (χ0n) is 13.3. The molecule has 0 saturated carbocycles. The van der Waals surface area contributed by atoms with Gasteiger partial charge in [0.2, 0.25) is 0 Å². The number of nitrogens with one attached hydrogen (secondary N) is 1. The van der Waals surface area contributed by atoms with Crippen molar-refractivity contribution >= 4 is 11.3 Å². The molecule has 3 nitrogen and oxygen atoms in total. The quantitative estimate of drug-likeness (QED) is 0.838. The molecule has 1 atom stereocenters. The number of aryl methyl sites for hydroxylation is 2. The minimum Gasteiger partial charge on any atom is -0.493 e. The van der Waals surface area contributed by atoms with Crippen LogP contribution < -0.4 is 10.1 Å². The molecule has 1 aromatic carbocycles. The number of benzene rings is 1. The third-order valence-electron chi connectivity index (χ3n) is 3.64. The highest BCUT2D eigenvalue weighted by atomic mass is 32.1. The van der Waals surface area contributed by atoms with Crippen LogP contribution >= 0.6 is 11.3 Å². The van der Waals surface area contributed by atoms with Gasteiger partial charge < -0.3 is 10.1 Å². The molecule has 0 aliphatic rings. The number of aromatic nitrogens is 1. The number of rotatable bonds is 7. The van der Waals surface area contributed by atoms with Crippen LogP contribution in [0.2, 0.25) is 0 Å². The maximum absolute atomic E-state index is 5.92. The number of thiazole rings is 1. The van der Waals surface area contributed by atoms with Crippen molar-refractivity contribution in [2.45, 2.75) is 40.2 Å². The van der Waals surface area contributed by atoms with Gasteiger partial charge in [-0.1, -0.05) is 19.1 Å². The van der Waals surface area contributed by atoms with Crippen LogP contribution in [0.25, 0.3) is 0 Å². The second-order valence-electron chi connectivity index (χ2n) is 5.26. The van der Waals surface area contributed by atoms with Crippen LogP contribution in [0.4, 0.5) is 0 Å². The predicted octanol–water partition coefficient (Wildman–Crippen LogP) is 4.05. The van der Waals surface area contributed by atoms with E-state index in [-0.39, 0.29) is 0 Å². The summed E-state index contributed by atoms with van der Waals surface area (Å²) in [5.74, 6) is 0.976. The molecule has 0 aliphatic carbocycles. The first kappa shape index (κ1) is 16.0. The van der Waals surface area contributed by atoms with Gasteiger partial charge in [0.05, 0.1) is 17.8 Å². The monoisotopic (exact) mass is 304 g/mol. The summed E-state index contributed by atoms with van der Waals surface area (Å²) in [6, 6.07) is 6.81. The molecule has 1 N–H and O–H groups in total. The smallest absolute Gasteiger partial charge is 0.122 e. The molecule has 4 heteroatoms. The van der Waals surface area contributed by atoms with Gasteiger partial charge in [0.25, 0.3) is 0 Å². The summed E-state index contributed by atoms with van der Waals surface area (Å²) in [6.07, 6.45) is 0.922. The fourth-order valence-electron chi connectivity index (χ4n) is 2.35. The highest BCUT2D eigenvalue weighted by Gasteiger charge is 2.07. The first-order valence-corrected chi connectivity index (χ1v) is 8.35. The van der Waals surface area contributed by atoms with Crippen LogP contribution in [-0.4, -0.2) is 18.1 Å². The van der Waals surface area contributed by atoms with Gasteiger partial charge in [-0.2, -0.15) is 0 Å². The lowest BCUT2D eigenvalue weighted by Gasteiger charge is -2.15.